The maximum Gasteiger partial charge on any atom is 0.328 e. The highest BCUT2D eigenvalue weighted by Crippen LogP contribution is 2.20. The van der Waals surface area contributed by atoms with Crippen molar-refractivity contribution in [3.05, 3.63) is 0 Å². The fraction of sp³-hybridized carbons (Fsp3) is 0.833. The summed E-state index contributed by atoms with van der Waals surface area (Å²) in [4.78, 5) is 26.7. The number of carboxylic acids is 1. The van der Waals surface area contributed by atoms with Crippen molar-refractivity contribution in [2.24, 2.45) is 0 Å². The molecule has 0 aromatic carbocycles. The minimum Gasteiger partial charge on any atom is -0.480 e. The van der Waals surface area contributed by atoms with Crippen LogP contribution in [0.3, 0.4) is 0 Å². The predicted octanol–water partition coefficient (Wildman–Crippen LogP) is -0.688. The van der Waals surface area contributed by atoms with Gasteiger partial charge in [-0.2, -0.15) is 0 Å². The van der Waals surface area contributed by atoms with Crippen LogP contribution in [-0.2, 0) is 4.79 Å². The molecule has 2 rings (SSSR count). The molecule has 0 bridgehead atoms. The minimum atomic E-state index is -1.22. The van der Waals surface area contributed by atoms with E-state index in [9.17, 15) is 9.59 Å². The maximum atomic E-state index is 11.9. The van der Waals surface area contributed by atoms with E-state index >= 15 is 0 Å². The Morgan fingerprint density at radius 3 is 2.53 bits per heavy atom. The highest BCUT2D eigenvalue weighted by molar-refractivity contribution is 5.82. The molecular formula is C12H21N3O4. The molecule has 0 aromatic rings. The fourth-order valence-corrected chi connectivity index (χ4v) is 2.76. The van der Waals surface area contributed by atoms with Crippen LogP contribution in [0.15, 0.2) is 0 Å². The maximum absolute atomic E-state index is 11.9. The van der Waals surface area contributed by atoms with Gasteiger partial charge in [0.2, 0.25) is 0 Å². The van der Waals surface area contributed by atoms with Gasteiger partial charge in [-0.1, -0.05) is 0 Å². The SMILES string of the molecule is O=C(O)[C@H](CO)NC(=O)N1CCC(N2CCCC2)C1. The molecule has 1 unspecified atom stereocenters. The van der Waals surface area contributed by atoms with Crippen LogP contribution in [0.4, 0.5) is 4.79 Å². The van der Waals surface area contributed by atoms with E-state index in [1.807, 2.05) is 0 Å². The van der Waals surface area contributed by atoms with Gasteiger partial charge < -0.3 is 20.4 Å². The number of carbonyl (C=O) groups is 2. The quantitative estimate of drug-likeness (QED) is 0.629. The van der Waals surface area contributed by atoms with E-state index in [0.29, 0.717) is 19.1 Å². The summed E-state index contributed by atoms with van der Waals surface area (Å²) >= 11 is 0. The van der Waals surface area contributed by atoms with Crippen LogP contribution in [0.5, 0.6) is 0 Å². The summed E-state index contributed by atoms with van der Waals surface area (Å²) in [5.41, 5.74) is 0. The lowest BCUT2D eigenvalue weighted by molar-refractivity contribution is -0.140. The zero-order chi connectivity index (χ0) is 13.8. The predicted molar refractivity (Wildman–Crippen MR) is 67.8 cm³/mol. The van der Waals surface area contributed by atoms with Crippen molar-refractivity contribution in [2.45, 2.75) is 31.3 Å². The van der Waals surface area contributed by atoms with Gasteiger partial charge in [0.15, 0.2) is 6.04 Å². The molecule has 0 radical (unpaired) electrons. The van der Waals surface area contributed by atoms with Crippen LogP contribution < -0.4 is 5.32 Å². The molecule has 2 aliphatic rings. The average molecular weight is 271 g/mol. The Hall–Kier alpha value is -1.34. The largest absolute Gasteiger partial charge is 0.480 e. The molecule has 7 nitrogen and oxygen atoms in total. The van der Waals surface area contributed by atoms with Gasteiger partial charge in [0, 0.05) is 19.1 Å². The Balaban J connectivity index is 1.82. The van der Waals surface area contributed by atoms with E-state index in [0.717, 1.165) is 19.5 Å². The van der Waals surface area contributed by atoms with E-state index in [2.05, 4.69) is 10.2 Å². The van der Waals surface area contributed by atoms with Crippen LogP contribution >= 0.6 is 0 Å². The lowest BCUT2D eigenvalue weighted by atomic mass is 10.2. The number of likely N-dealkylation sites (tertiary alicyclic amines) is 2. The van der Waals surface area contributed by atoms with Gasteiger partial charge in [0.1, 0.15) is 0 Å². The fourth-order valence-electron chi connectivity index (χ4n) is 2.76. The van der Waals surface area contributed by atoms with Crippen LogP contribution in [-0.4, -0.2) is 76.9 Å². The number of aliphatic hydroxyl groups excluding tert-OH is 1. The van der Waals surface area contributed by atoms with E-state index in [1.165, 1.54) is 12.8 Å². The smallest absolute Gasteiger partial charge is 0.328 e. The van der Waals surface area contributed by atoms with Crippen LogP contribution in [0, 0.1) is 0 Å². The topological polar surface area (TPSA) is 93.1 Å². The molecule has 3 N–H and O–H groups in total. The molecule has 2 atom stereocenters. The van der Waals surface area contributed by atoms with Gasteiger partial charge in [-0.05, 0) is 32.4 Å². The van der Waals surface area contributed by atoms with Crippen LogP contribution in [0.1, 0.15) is 19.3 Å². The van der Waals surface area contributed by atoms with Crippen molar-refractivity contribution in [3.8, 4) is 0 Å². The monoisotopic (exact) mass is 271 g/mol. The number of aliphatic carboxylic acids is 1. The molecule has 0 spiro atoms. The summed E-state index contributed by atoms with van der Waals surface area (Å²) in [5, 5.41) is 20.0. The second-order valence-corrected chi connectivity index (χ2v) is 5.15. The number of carboxylic acid groups (broad SMARTS) is 1. The second-order valence-electron chi connectivity index (χ2n) is 5.15. The Kier molecular flexibility index (Phi) is 4.60. The number of hydrogen-bond acceptors (Lipinski definition) is 4. The second kappa shape index (κ2) is 6.21. The molecule has 0 aromatic heterocycles. The standard InChI is InChI=1S/C12H21N3O4/c16-8-10(11(17)18)13-12(19)15-6-3-9(7-15)14-4-1-2-5-14/h9-10,16H,1-8H2,(H,13,19)(H,17,18)/t9?,10-/m0/s1. The molecule has 7 heteroatoms. The molecule has 0 saturated carbocycles. The normalized spacial score (nSPS) is 25.5. The van der Waals surface area contributed by atoms with E-state index in [4.69, 9.17) is 10.2 Å². The summed E-state index contributed by atoms with van der Waals surface area (Å²) in [6.07, 6.45) is 3.37. The molecule has 0 aliphatic carbocycles. The molecule has 2 amide bonds. The Labute approximate surface area is 112 Å². The van der Waals surface area contributed by atoms with Gasteiger partial charge in [-0.25, -0.2) is 9.59 Å². The molecule has 2 heterocycles. The molecule has 108 valence electrons. The number of carbonyl (C=O) groups excluding carboxylic acids is 1. The van der Waals surface area contributed by atoms with Crippen molar-refractivity contribution in [1.82, 2.24) is 15.1 Å². The lowest BCUT2D eigenvalue weighted by Gasteiger charge is -2.24. The van der Waals surface area contributed by atoms with Crippen molar-refractivity contribution in [2.75, 3.05) is 32.8 Å². The molecule has 19 heavy (non-hydrogen) atoms. The van der Waals surface area contributed by atoms with Crippen molar-refractivity contribution >= 4 is 12.0 Å². The molecule has 2 fully saturated rings. The summed E-state index contributed by atoms with van der Waals surface area (Å²) in [6.45, 7) is 2.88. The Morgan fingerprint density at radius 2 is 1.95 bits per heavy atom. The highest BCUT2D eigenvalue weighted by Gasteiger charge is 2.32. The average Bonchev–Trinajstić information content (AvgIpc) is 3.04. The number of nitrogens with zero attached hydrogens (tertiary/aromatic N) is 2. The van der Waals surface area contributed by atoms with Gasteiger partial charge in [0.05, 0.1) is 6.61 Å². The first-order chi connectivity index (χ1) is 9.11. The third-order valence-electron chi connectivity index (χ3n) is 3.89. The Morgan fingerprint density at radius 1 is 1.26 bits per heavy atom. The summed E-state index contributed by atoms with van der Waals surface area (Å²) < 4.78 is 0. The lowest BCUT2D eigenvalue weighted by Crippen LogP contribution is -2.49. The first-order valence-electron chi connectivity index (χ1n) is 6.75. The number of urea groups is 1. The summed E-state index contributed by atoms with van der Waals surface area (Å²) in [5.74, 6) is -1.22. The zero-order valence-corrected chi connectivity index (χ0v) is 10.9. The minimum absolute atomic E-state index is 0.394. The van der Waals surface area contributed by atoms with Crippen molar-refractivity contribution in [1.29, 1.82) is 0 Å². The zero-order valence-electron chi connectivity index (χ0n) is 10.9. The number of rotatable bonds is 4. The van der Waals surface area contributed by atoms with E-state index < -0.39 is 24.6 Å². The van der Waals surface area contributed by atoms with E-state index in [-0.39, 0.29) is 0 Å². The molecule has 2 saturated heterocycles. The number of amides is 2. The molecular weight excluding hydrogens is 250 g/mol. The van der Waals surface area contributed by atoms with Gasteiger partial charge >= 0.3 is 12.0 Å². The van der Waals surface area contributed by atoms with Crippen molar-refractivity contribution < 1.29 is 19.8 Å². The van der Waals surface area contributed by atoms with Gasteiger partial charge in [-0.3, -0.25) is 4.90 Å². The highest BCUT2D eigenvalue weighted by atomic mass is 16.4. The van der Waals surface area contributed by atoms with E-state index in [1.54, 1.807) is 4.90 Å². The first kappa shape index (κ1) is 14.1. The van der Waals surface area contributed by atoms with Gasteiger partial charge in [-0.15, -0.1) is 0 Å². The number of nitrogens with one attached hydrogen (secondary N) is 1. The first-order valence-corrected chi connectivity index (χ1v) is 6.75. The van der Waals surface area contributed by atoms with Crippen LogP contribution in [0.25, 0.3) is 0 Å². The summed E-state index contributed by atoms with van der Waals surface area (Å²) in [6, 6.07) is -1.23. The third-order valence-corrected chi connectivity index (χ3v) is 3.89. The number of aliphatic hydroxyl groups is 1. The molecule has 2 aliphatic heterocycles. The van der Waals surface area contributed by atoms with Crippen molar-refractivity contribution in [3.63, 3.8) is 0 Å². The Bertz CT molecular complexity index is 344. The van der Waals surface area contributed by atoms with Gasteiger partial charge in [0.25, 0.3) is 0 Å². The van der Waals surface area contributed by atoms with Crippen LogP contribution in [0.2, 0.25) is 0 Å². The summed E-state index contributed by atoms with van der Waals surface area (Å²) in [7, 11) is 0. The number of hydrogen-bond donors (Lipinski definition) is 3. The third kappa shape index (κ3) is 3.36.